The molecule has 3 aromatic rings. The van der Waals surface area contributed by atoms with Crippen LogP contribution >= 0.6 is 0 Å². The zero-order chi connectivity index (χ0) is 14.5. The van der Waals surface area contributed by atoms with Crippen LogP contribution in [0.25, 0.3) is 0 Å². The van der Waals surface area contributed by atoms with Crippen LogP contribution in [0.5, 0.6) is 17.2 Å². The molecule has 0 amide bonds. The fourth-order valence-corrected chi connectivity index (χ4v) is 1.70. The Labute approximate surface area is 120 Å². The van der Waals surface area contributed by atoms with Gasteiger partial charge in [0.25, 0.3) is 5.89 Å². The van der Waals surface area contributed by atoms with Gasteiger partial charge in [0.15, 0.2) is 6.61 Å². The Hall–Kier alpha value is -3.02. The van der Waals surface area contributed by atoms with Gasteiger partial charge in [-0.2, -0.15) is 0 Å². The van der Waals surface area contributed by atoms with Crippen LogP contribution in [0.15, 0.2) is 63.8 Å². The minimum Gasteiger partial charge on any atom is -0.484 e. The number of nitrogens with one attached hydrogen (secondary N) is 1. The van der Waals surface area contributed by atoms with E-state index in [0.717, 1.165) is 5.75 Å². The van der Waals surface area contributed by atoms with Crippen LogP contribution < -0.4 is 15.2 Å². The summed E-state index contributed by atoms with van der Waals surface area (Å²) in [6.07, 6.45) is 0. The average molecular weight is 284 g/mol. The molecule has 0 saturated carbocycles. The van der Waals surface area contributed by atoms with E-state index < -0.39 is 5.76 Å². The molecule has 1 heterocycles. The molecule has 0 aliphatic carbocycles. The first-order valence-corrected chi connectivity index (χ1v) is 6.30. The van der Waals surface area contributed by atoms with E-state index in [1.165, 1.54) is 0 Å². The van der Waals surface area contributed by atoms with Crippen molar-refractivity contribution in [3.8, 4) is 17.2 Å². The number of benzene rings is 2. The molecule has 3 rings (SSSR count). The standard InChI is InChI=1S/C15H12N2O4/c18-15-17-16-14(21-15)10-19-11-6-8-13(9-7-11)20-12-4-2-1-3-5-12/h1-9H,10H2,(H,17,18). The molecule has 0 unspecified atom stereocenters. The first-order valence-electron chi connectivity index (χ1n) is 6.30. The number of hydrogen-bond acceptors (Lipinski definition) is 5. The Balaban J connectivity index is 1.60. The van der Waals surface area contributed by atoms with Crippen molar-refractivity contribution in [1.82, 2.24) is 10.2 Å². The number of para-hydroxylation sites is 1. The zero-order valence-electron chi connectivity index (χ0n) is 11.0. The summed E-state index contributed by atoms with van der Waals surface area (Å²) in [5, 5.41) is 5.82. The first kappa shape index (κ1) is 13.0. The summed E-state index contributed by atoms with van der Waals surface area (Å²) in [5.74, 6) is 1.70. The van der Waals surface area contributed by atoms with Gasteiger partial charge in [-0.25, -0.2) is 9.89 Å². The number of ether oxygens (including phenoxy) is 2. The molecule has 1 aromatic heterocycles. The second-order valence-electron chi connectivity index (χ2n) is 4.18. The third kappa shape index (κ3) is 3.50. The molecule has 106 valence electrons. The van der Waals surface area contributed by atoms with Gasteiger partial charge >= 0.3 is 5.76 Å². The minimum atomic E-state index is -0.597. The van der Waals surface area contributed by atoms with Crippen LogP contribution in [-0.4, -0.2) is 10.2 Å². The van der Waals surface area contributed by atoms with E-state index >= 15 is 0 Å². The van der Waals surface area contributed by atoms with Crippen LogP contribution in [-0.2, 0) is 6.61 Å². The predicted molar refractivity (Wildman–Crippen MR) is 74.4 cm³/mol. The largest absolute Gasteiger partial charge is 0.484 e. The third-order valence-corrected chi connectivity index (χ3v) is 2.65. The molecule has 0 atom stereocenters. The summed E-state index contributed by atoms with van der Waals surface area (Å²) in [4.78, 5) is 10.8. The molecule has 0 radical (unpaired) electrons. The van der Waals surface area contributed by atoms with Gasteiger partial charge in [-0.05, 0) is 36.4 Å². The van der Waals surface area contributed by atoms with E-state index in [-0.39, 0.29) is 12.5 Å². The second kappa shape index (κ2) is 5.96. The van der Waals surface area contributed by atoms with Crippen molar-refractivity contribution in [1.29, 1.82) is 0 Å². The van der Waals surface area contributed by atoms with Gasteiger partial charge in [-0.3, -0.25) is 0 Å². The van der Waals surface area contributed by atoms with Gasteiger partial charge < -0.3 is 13.9 Å². The molecular formula is C15H12N2O4. The Morgan fingerprint density at radius 3 is 2.29 bits per heavy atom. The first-order chi connectivity index (χ1) is 10.3. The van der Waals surface area contributed by atoms with Crippen molar-refractivity contribution in [2.24, 2.45) is 0 Å². The van der Waals surface area contributed by atoms with E-state index in [2.05, 4.69) is 10.2 Å². The van der Waals surface area contributed by atoms with Crippen LogP contribution in [0.2, 0.25) is 0 Å². The fraction of sp³-hybridized carbons (Fsp3) is 0.0667. The highest BCUT2D eigenvalue weighted by Gasteiger charge is 2.03. The fourth-order valence-electron chi connectivity index (χ4n) is 1.70. The zero-order valence-corrected chi connectivity index (χ0v) is 11.0. The highest BCUT2D eigenvalue weighted by molar-refractivity contribution is 5.35. The van der Waals surface area contributed by atoms with Crippen molar-refractivity contribution in [2.45, 2.75) is 6.61 Å². The van der Waals surface area contributed by atoms with Crippen molar-refractivity contribution < 1.29 is 13.9 Å². The van der Waals surface area contributed by atoms with E-state index in [0.29, 0.717) is 11.5 Å². The summed E-state index contributed by atoms with van der Waals surface area (Å²) < 4.78 is 15.8. The SMILES string of the molecule is O=c1[nH]nc(COc2ccc(Oc3ccccc3)cc2)o1. The van der Waals surface area contributed by atoms with E-state index in [1.54, 1.807) is 24.3 Å². The maximum absolute atomic E-state index is 10.8. The molecule has 0 aliphatic heterocycles. The quantitative estimate of drug-likeness (QED) is 0.779. The van der Waals surface area contributed by atoms with E-state index in [9.17, 15) is 4.79 Å². The summed E-state index contributed by atoms with van der Waals surface area (Å²) in [6, 6.07) is 16.6. The minimum absolute atomic E-state index is 0.0810. The number of aromatic nitrogens is 2. The van der Waals surface area contributed by atoms with Gasteiger partial charge in [0.2, 0.25) is 0 Å². The summed E-state index contributed by atoms with van der Waals surface area (Å²) >= 11 is 0. The highest BCUT2D eigenvalue weighted by Crippen LogP contribution is 2.23. The molecule has 2 aromatic carbocycles. The van der Waals surface area contributed by atoms with Gasteiger partial charge in [0.05, 0.1) is 0 Å². The van der Waals surface area contributed by atoms with Gasteiger partial charge in [0.1, 0.15) is 17.2 Å². The molecule has 0 aliphatic rings. The van der Waals surface area contributed by atoms with Crippen molar-refractivity contribution >= 4 is 0 Å². The Morgan fingerprint density at radius 1 is 0.952 bits per heavy atom. The lowest BCUT2D eigenvalue weighted by atomic mass is 10.3. The molecule has 0 spiro atoms. The summed E-state index contributed by atoms with van der Waals surface area (Å²) in [6.45, 7) is 0.0810. The van der Waals surface area contributed by atoms with E-state index in [4.69, 9.17) is 13.9 Å². The maximum atomic E-state index is 10.8. The summed E-state index contributed by atoms with van der Waals surface area (Å²) in [5.41, 5.74) is 0. The topological polar surface area (TPSA) is 77.4 Å². The lowest BCUT2D eigenvalue weighted by molar-refractivity contribution is 0.259. The normalized spacial score (nSPS) is 10.3. The number of nitrogens with zero attached hydrogens (tertiary/aromatic N) is 1. The summed E-state index contributed by atoms with van der Waals surface area (Å²) in [7, 11) is 0. The van der Waals surface area contributed by atoms with Gasteiger partial charge in [-0.1, -0.05) is 18.2 Å². The molecule has 0 fully saturated rings. The van der Waals surface area contributed by atoms with Crippen LogP contribution in [0.3, 0.4) is 0 Å². The molecule has 1 N–H and O–H groups in total. The lowest BCUT2D eigenvalue weighted by Crippen LogP contribution is -1.96. The molecule has 0 saturated heterocycles. The maximum Gasteiger partial charge on any atom is 0.434 e. The molecule has 0 bridgehead atoms. The van der Waals surface area contributed by atoms with E-state index in [1.807, 2.05) is 30.3 Å². The smallest absolute Gasteiger partial charge is 0.434 e. The van der Waals surface area contributed by atoms with Crippen molar-refractivity contribution in [3.63, 3.8) is 0 Å². The molecular weight excluding hydrogens is 272 g/mol. The number of rotatable bonds is 5. The highest BCUT2D eigenvalue weighted by atomic mass is 16.5. The number of H-pyrrole nitrogens is 1. The Bertz CT molecular complexity index is 747. The van der Waals surface area contributed by atoms with Crippen LogP contribution in [0, 0.1) is 0 Å². The van der Waals surface area contributed by atoms with Gasteiger partial charge in [0, 0.05) is 0 Å². The number of aromatic amines is 1. The second-order valence-corrected chi connectivity index (χ2v) is 4.18. The molecule has 21 heavy (non-hydrogen) atoms. The van der Waals surface area contributed by atoms with Gasteiger partial charge in [-0.15, -0.1) is 5.10 Å². The third-order valence-electron chi connectivity index (χ3n) is 2.65. The van der Waals surface area contributed by atoms with Crippen molar-refractivity contribution in [3.05, 3.63) is 71.0 Å². The Morgan fingerprint density at radius 2 is 1.62 bits per heavy atom. The van der Waals surface area contributed by atoms with Crippen LogP contribution in [0.4, 0.5) is 0 Å². The molecule has 6 heteroatoms. The van der Waals surface area contributed by atoms with Crippen LogP contribution in [0.1, 0.15) is 5.89 Å². The Kier molecular flexibility index (Phi) is 3.68. The molecule has 6 nitrogen and oxygen atoms in total. The lowest BCUT2D eigenvalue weighted by Gasteiger charge is -2.07. The van der Waals surface area contributed by atoms with Crippen molar-refractivity contribution in [2.75, 3.05) is 0 Å². The predicted octanol–water partition coefficient (Wildman–Crippen LogP) is 2.73. The monoisotopic (exact) mass is 284 g/mol. The number of hydrogen-bond donors (Lipinski definition) is 1. The average Bonchev–Trinajstić information content (AvgIpc) is 2.93.